The molecule has 0 atom stereocenters. The lowest BCUT2D eigenvalue weighted by Gasteiger charge is -2.07. The molecule has 2 rings (SSSR count). The number of halogens is 8. The van der Waals surface area contributed by atoms with E-state index >= 15 is 0 Å². The SMILES string of the molecule is [N-]=[N+]=Nc1c(F)c(F)c(/C=C/C(=O)/C=C/Cc2c(F)c(F)c(N=[N+]=[N-])c(F)c2F)c(F)c1F. The number of ketones is 1. The first-order chi connectivity index (χ1) is 15.6. The zero-order valence-electron chi connectivity index (χ0n) is 15.6. The third kappa shape index (κ3) is 4.95. The van der Waals surface area contributed by atoms with Crippen molar-refractivity contribution in [3.05, 3.63) is 96.8 Å². The molecule has 0 amide bonds. The minimum Gasteiger partial charge on any atom is -0.290 e. The van der Waals surface area contributed by atoms with Crippen molar-refractivity contribution in [2.75, 3.05) is 0 Å². The van der Waals surface area contributed by atoms with E-state index < -0.39 is 81.2 Å². The van der Waals surface area contributed by atoms with Gasteiger partial charge < -0.3 is 0 Å². The van der Waals surface area contributed by atoms with Crippen LogP contribution in [0.5, 0.6) is 0 Å². The molecule has 15 heteroatoms. The summed E-state index contributed by atoms with van der Waals surface area (Å²) in [7, 11) is 0. The van der Waals surface area contributed by atoms with E-state index in [1.807, 2.05) is 9.82 Å². The highest BCUT2D eigenvalue weighted by Crippen LogP contribution is 2.32. The molecule has 170 valence electrons. The molecule has 7 nitrogen and oxygen atoms in total. The molecule has 0 spiro atoms. The normalized spacial score (nSPS) is 11.0. The summed E-state index contributed by atoms with van der Waals surface area (Å²) >= 11 is 0. The van der Waals surface area contributed by atoms with Crippen LogP contribution in [0.2, 0.25) is 0 Å². The second-order valence-corrected chi connectivity index (χ2v) is 5.82. The fourth-order valence-corrected chi connectivity index (χ4v) is 2.41. The number of carbonyl (C=O) groups excluding carboxylic acids is 1. The summed E-state index contributed by atoms with van der Waals surface area (Å²) in [5.41, 5.74) is 10.8. The van der Waals surface area contributed by atoms with Crippen molar-refractivity contribution >= 4 is 23.2 Å². The number of allylic oxidation sites excluding steroid dienone is 3. The lowest BCUT2D eigenvalue weighted by Crippen LogP contribution is -2.03. The van der Waals surface area contributed by atoms with Crippen LogP contribution in [0.3, 0.4) is 0 Å². The van der Waals surface area contributed by atoms with Crippen LogP contribution in [-0.2, 0) is 11.2 Å². The highest BCUT2D eigenvalue weighted by molar-refractivity contribution is 6.02. The largest absolute Gasteiger partial charge is 0.290 e. The second-order valence-electron chi connectivity index (χ2n) is 5.82. The first-order valence-electron chi connectivity index (χ1n) is 8.26. The van der Waals surface area contributed by atoms with Gasteiger partial charge >= 0.3 is 0 Å². The van der Waals surface area contributed by atoms with Crippen LogP contribution < -0.4 is 0 Å². The molecular formula is C18H6F8N6O. The van der Waals surface area contributed by atoms with E-state index in [0.29, 0.717) is 18.2 Å². The fourth-order valence-electron chi connectivity index (χ4n) is 2.41. The van der Waals surface area contributed by atoms with Gasteiger partial charge in [-0.1, -0.05) is 16.3 Å². The molecule has 0 aromatic heterocycles. The molecule has 0 saturated heterocycles. The Morgan fingerprint density at radius 1 is 0.697 bits per heavy atom. The number of rotatable bonds is 7. The topological polar surface area (TPSA) is 115 Å². The highest BCUT2D eigenvalue weighted by Gasteiger charge is 2.25. The van der Waals surface area contributed by atoms with Gasteiger partial charge in [-0.2, -0.15) is 0 Å². The zero-order chi connectivity index (χ0) is 24.9. The van der Waals surface area contributed by atoms with Crippen LogP contribution in [0, 0.1) is 46.5 Å². The van der Waals surface area contributed by atoms with Gasteiger partial charge in [0, 0.05) is 15.4 Å². The molecule has 2 aromatic rings. The summed E-state index contributed by atoms with van der Waals surface area (Å²) in [5.74, 6) is -16.8. The molecule has 0 aliphatic heterocycles. The molecule has 0 N–H and O–H groups in total. The van der Waals surface area contributed by atoms with Gasteiger partial charge in [-0.25, -0.2) is 35.1 Å². The van der Waals surface area contributed by atoms with Crippen LogP contribution in [0.4, 0.5) is 46.5 Å². The van der Waals surface area contributed by atoms with Gasteiger partial charge in [-0.3, -0.25) is 4.79 Å². The van der Waals surface area contributed by atoms with Crippen molar-refractivity contribution in [1.82, 2.24) is 0 Å². The Balaban J connectivity index is 2.29. The van der Waals surface area contributed by atoms with E-state index in [1.54, 1.807) is 0 Å². The Morgan fingerprint density at radius 2 is 1.12 bits per heavy atom. The minimum absolute atomic E-state index is 0.332. The van der Waals surface area contributed by atoms with Crippen LogP contribution >= 0.6 is 0 Å². The molecule has 0 fully saturated rings. The third-order valence-corrected chi connectivity index (χ3v) is 3.91. The van der Waals surface area contributed by atoms with Crippen LogP contribution in [0.25, 0.3) is 27.0 Å². The van der Waals surface area contributed by atoms with Crippen molar-refractivity contribution in [2.24, 2.45) is 10.2 Å². The lowest BCUT2D eigenvalue weighted by atomic mass is 10.1. The van der Waals surface area contributed by atoms with Gasteiger partial charge in [-0.15, -0.1) is 0 Å². The molecule has 33 heavy (non-hydrogen) atoms. The van der Waals surface area contributed by atoms with Gasteiger partial charge in [0.2, 0.25) is 0 Å². The molecule has 0 bridgehead atoms. The first kappa shape index (κ1) is 24.9. The first-order valence-corrected chi connectivity index (χ1v) is 8.26. The van der Waals surface area contributed by atoms with E-state index in [-0.39, 0.29) is 0 Å². The van der Waals surface area contributed by atoms with E-state index in [1.165, 1.54) is 0 Å². The quantitative estimate of drug-likeness (QED) is 0.105. The van der Waals surface area contributed by atoms with E-state index in [4.69, 9.17) is 11.1 Å². The highest BCUT2D eigenvalue weighted by atomic mass is 19.2. The Hall–Kier alpha value is -4.35. The maximum atomic E-state index is 13.9. The molecule has 0 heterocycles. The predicted molar refractivity (Wildman–Crippen MR) is 97.0 cm³/mol. The fraction of sp³-hybridized carbons (Fsp3) is 0.0556. The van der Waals surface area contributed by atoms with E-state index in [2.05, 4.69) is 10.2 Å². The van der Waals surface area contributed by atoms with E-state index in [0.717, 1.165) is 6.08 Å². The lowest BCUT2D eigenvalue weighted by molar-refractivity contribution is -0.110. The van der Waals surface area contributed by atoms with Crippen LogP contribution in [0.1, 0.15) is 11.1 Å². The Bertz CT molecular complexity index is 1250. The van der Waals surface area contributed by atoms with Gasteiger partial charge in [0.1, 0.15) is 11.4 Å². The predicted octanol–water partition coefficient (Wildman–Crippen LogP) is 7.06. The Labute approximate surface area is 177 Å². The van der Waals surface area contributed by atoms with Gasteiger partial charge in [0.15, 0.2) is 52.3 Å². The summed E-state index contributed by atoms with van der Waals surface area (Å²) in [5, 5.41) is 4.99. The van der Waals surface area contributed by atoms with Gasteiger partial charge in [0.05, 0.1) is 5.56 Å². The maximum Gasteiger partial charge on any atom is 0.178 e. The van der Waals surface area contributed by atoms with Gasteiger partial charge in [-0.05, 0) is 35.7 Å². The number of nitrogens with zero attached hydrogens (tertiary/aromatic N) is 6. The smallest absolute Gasteiger partial charge is 0.178 e. The average Bonchev–Trinajstić information content (AvgIpc) is 2.79. The molecule has 0 radical (unpaired) electrons. The number of azide groups is 2. The summed E-state index contributed by atoms with van der Waals surface area (Å²) in [6.45, 7) is 0. The molecule has 2 aromatic carbocycles. The summed E-state index contributed by atoms with van der Waals surface area (Å²) in [4.78, 5) is 15.8. The molecule has 0 aliphatic rings. The summed E-state index contributed by atoms with van der Waals surface area (Å²) in [6.07, 6.45) is 1.16. The molecular weight excluding hydrogens is 468 g/mol. The number of hydrogen-bond acceptors (Lipinski definition) is 3. The molecule has 0 unspecified atom stereocenters. The zero-order valence-corrected chi connectivity index (χ0v) is 15.6. The van der Waals surface area contributed by atoms with Crippen molar-refractivity contribution in [3.8, 4) is 0 Å². The van der Waals surface area contributed by atoms with Crippen molar-refractivity contribution < 1.29 is 39.9 Å². The van der Waals surface area contributed by atoms with Crippen LogP contribution in [-0.4, -0.2) is 5.78 Å². The summed E-state index contributed by atoms with van der Waals surface area (Å²) < 4.78 is 110. The Kier molecular flexibility index (Phi) is 7.78. The molecule has 0 saturated carbocycles. The molecule has 0 aliphatic carbocycles. The van der Waals surface area contributed by atoms with Gasteiger partial charge in [0.25, 0.3) is 0 Å². The van der Waals surface area contributed by atoms with E-state index in [9.17, 15) is 39.9 Å². The van der Waals surface area contributed by atoms with Crippen molar-refractivity contribution in [1.29, 1.82) is 0 Å². The maximum absolute atomic E-state index is 13.9. The second kappa shape index (κ2) is 10.3. The number of carbonyl (C=O) groups is 1. The van der Waals surface area contributed by atoms with Crippen molar-refractivity contribution in [2.45, 2.75) is 6.42 Å². The summed E-state index contributed by atoms with van der Waals surface area (Å²) in [6, 6.07) is 0. The average molecular weight is 474 g/mol. The monoisotopic (exact) mass is 474 g/mol. The standard InChI is InChI=1S/C18H6F8N6O/c19-9-7(10(20)14(24)17(13(9)23)29-31-27)3-1-2-6(33)4-5-8-11(21)15(25)18(30-32-28)16(26)12(8)22/h1-2,4-5H,3H2/b2-1+,5-4+. The minimum atomic E-state index is -2.02. The van der Waals surface area contributed by atoms with Crippen molar-refractivity contribution in [3.63, 3.8) is 0 Å². The number of hydrogen-bond donors (Lipinski definition) is 0. The number of benzene rings is 2. The third-order valence-electron chi connectivity index (χ3n) is 3.91. The Morgan fingerprint density at radius 3 is 1.55 bits per heavy atom. The van der Waals surface area contributed by atoms with Crippen LogP contribution in [0.15, 0.2) is 28.5 Å².